The van der Waals surface area contributed by atoms with E-state index in [1.54, 1.807) is 0 Å². The molecule has 0 aromatic heterocycles. The minimum atomic E-state index is -0.589. The Balaban J connectivity index is 1.01. The van der Waals surface area contributed by atoms with Crippen LogP contribution in [0.1, 0.15) is 17.5 Å². The average Bonchev–Trinajstić information content (AvgIpc) is 3.44. The fraction of sp³-hybridized carbons (Fsp3) is 0.552. The molecule has 3 unspecified atom stereocenters. The van der Waals surface area contributed by atoms with Gasteiger partial charge < -0.3 is 85.3 Å². The van der Waals surface area contributed by atoms with E-state index in [-0.39, 0.29) is 59.0 Å². The lowest BCUT2D eigenvalue weighted by molar-refractivity contribution is -0.135. The van der Waals surface area contributed by atoms with E-state index in [1.807, 2.05) is 105 Å². The number of allylic oxidation sites excluding steroid dienone is 1. The molecule has 10 rings (SSSR count). The van der Waals surface area contributed by atoms with E-state index in [0.29, 0.717) is 154 Å². The van der Waals surface area contributed by atoms with Crippen LogP contribution in [0.25, 0.3) is 10.8 Å². The molecule has 0 N–H and O–H groups in total. The van der Waals surface area contributed by atoms with Crippen molar-refractivity contribution in [2.45, 2.75) is 38.6 Å². The summed E-state index contributed by atoms with van der Waals surface area (Å²) < 4.78 is 110. The van der Waals surface area contributed by atoms with Crippen LogP contribution in [0.15, 0.2) is 96.8 Å². The van der Waals surface area contributed by atoms with Gasteiger partial charge >= 0.3 is 0 Å². The second-order valence-electron chi connectivity index (χ2n) is 17.6. The summed E-state index contributed by atoms with van der Waals surface area (Å²) in [6, 6.07) is 23.4. The monoisotopic (exact) mass is 1060 g/mol. The summed E-state index contributed by atoms with van der Waals surface area (Å²) in [5.74, 6) is 4.75. The van der Waals surface area contributed by atoms with Gasteiger partial charge in [0.25, 0.3) is 0 Å². The first kappa shape index (κ1) is 58.5. The van der Waals surface area contributed by atoms with Crippen LogP contribution in [0.2, 0.25) is 0 Å². The summed E-state index contributed by atoms with van der Waals surface area (Å²) in [4.78, 5) is 0. The van der Waals surface area contributed by atoms with Crippen LogP contribution in [0.4, 0.5) is 0 Å². The molecule has 0 fully saturated rings. The fourth-order valence-corrected chi connectivity index (χ4v) is 8.17. The van der Waals surface area contributed by atoms with Gasteiger partial charge in [0.15, 0.2) is 23.0 Å². The molecule has 1 aliphatic carbocycles. The van der Waals surface area contributed by atoms with Crippen LogP contribution in [0, 0.1) is 13.8 Å². The van der Waals surface area contributed by atoms with E-state index in [4.69, 9.17) is 85.3 Å². The highest BCUT2D eigenvalue weighted by atomic mass is 16.6. The number of benzene rings is 4. The van der Waals surface area contributed by atoms with E-state index in [1.165, 1.54) is 0 Å². The van der Waals surface area contributed by atoms with Gasteiger partial charge in [-0.25, -0.2) is 0 Å². The first-order valence-corrected chi connectivity index (χ1v) is 26.6. The molecule has 6 aliphatic rings. The summed E-state index contributed by atoms with van der Waals surface area (Å²) in [7, 11) is 0. The highest BCUT2D eigenvalue weighted by Crippen LogP contribution is 2.34. The number of ether oxygens (including phenoxy) is 18. The van der Waals surface area contributed by atoms with Crippen molar-refractivity contribution in [2.24, 2.45) is 0 Å². The lowest BCUT2D eigenvalue weighted by atomic mass is 10.1. The lowest BCUT2D eigenvalue weighted by Crippen LogP contribution is -2.41. The number of hydrogen-bond acceptors (Lipinski definition) is 18. The average molecular weight is 1060 g/mol. The summed E-state index contributed by atoms with van der Waals surface area (Å²) in [5, 5.41) is 1.83. The zero-order valence-corrected chi connectivity index (χ0v) is 44.3. The van der Waals surface area contributed by atoms with Crippen LogP contribution in [0.5, 0.6) is 34.5 Å². The van der Waals surface area contributed by atoms with Gasteiger partial charge in [-0.3, -0.25) is 0 Å². The highest BCUT2D eigenvalue weighted by Gasteiger charge is 2.25. The molecular formula is C58H78O18. The predicted octanol–water partition coefficient (Wildman–Crippen LogP) is 7.31. The summed E-state index contributed by atoms with van der Waals surface area (Å²) in [5.41, 5.74) is 1.88. The Hall–Kier alpha value is -5.22. The van der Waals surface area contributed by atoms with E-state index in [0.717, 1.165) is 33.4 Å². The second kappa shape index (κ2) is 35.2. The zero-order valence-electron chi connectivity index (χ0n) is 44.3. The van der Waals surface area contributed by atoms with Gasteiger partial charge in [0.2, 0.25) is 0 Å². The Bertz CT molecular complexity index is 2290. The summed E-state index contributed by atoms with van der Waals surface area (Å²) in [6.45, 7) is 13.0. The van der Waals surface area contributed by atoms with Crippen molar-refractivity contribution in [2.75, 3.05) is 172 Å². The molecule has 3 atom stereocenters. The maximum atomic E-state index is 6.60. The Morgan fingerprint density at radius 3 is 1.20 bits per heavy atom. The Morgan fingerprint density at radius 1 is 0.329 bits per heavy atom. The topological polar surface area (TPSA) is 166 Å². The Morgan fingerprint density at radius 2 is 0.711 bits per heavy atom. The minimum absolute atomic E-state index is 0.0636. The molecular weight excluding hydrogens is 985 g/mol. The number of para-hydroxylation sites is 2. The van der Waals surface area contributed by atoms with Gasteiger partial charge in [-0.15, -0.1) is 0 Å². The van der Waals surface area contributed by atoms with E-state index in [2.05, 4.69) is 0 Å². The third-order valence-electron chi connectivity index (χ3n) is 12.0. The van der Waals surface area contributed by atoms with Crippen molar-refractivity contribution >= 4 is 10.8 Å². The molecule has 0 radical (unpaired) electrons. The number of aryl methyl sites for hydroxylation is 2. The molecule has 4 bridgehead atoms. The normalized spacial score (nSPS) is 22.6. The fourth-order valence-electron chi connectivity index (χ4n) is 8.17. The van der Waals surface area contributed by atoms with Crippen molar-refractivity contribution in [3.05, 3.63) is 108 Å². The van der Waals surface area contributed by atoms with Crippen LogP contribution < -0.4 is 28.4 Å². The quantitative estimate of drug-likeness (QED) is 0.186. The standard InChI is InChI=1S/C58H78O18/c1-45-7-5-11-53-57(45)75-38-31-63-24-23-62-30-36-71-54-12-6-8-46(2)58(54)76-42-41-74-56(44-66-32-37-72-53)55-43-65-26-25-64-28-34-68-48-15-13-47(14-16-48)67-33-27-60-21-19-59-20-22-61-29-35-69-51-17-18-52(70-39-40-73-55)50-10-4-3-9-49(50)51/h3-15,17-18,48,55-56H,16,19-44H2,1-2H3. The van der Waals surface area contributed by atoms with Gasteiger partial charge in [0, 0.05) is 10.8 Å². The molecule has 0 saturated carbocycles. The van der Waals surface area contributed by atoms with Crippen LogP contribution in [0.3, 0.4) is 0 Å². The molecule has 4 aromatic rings. The van der Waals surface area contributed by atoms with Crippen molar-refractivity contribution in [1.29, 1.82) is 0 Å². The molecule has 4 aromatic carbocycles. The van der Waals surface area contributed by atoms with E-state index < -0.39 is 12.2 Å². The van der Waals surface area contributed by atoms with E-state index >= 15 is 0 Å². The minimum Gasteiger partial charge on any atom is -0.492 e. The first-order chi connectivity index (χ1) is 37.6. The van der Waals surface area contributed by atoms with Crippen LogP contribution in [-0.4, -0.2) is 190 Å². The summed E-state index contributed by atoms with van der Waals surface area (Å²) >= 11 is 0. The van der Waals surface area contributed by atoms with Crippen molar-refractivity contribution in [1.82, 2.24) is 0 Å². The molecule has 5 heterocycles. The first-order valence-electron chi connectivity index (χ1n) is 26.6. The second-order valence-corrected chi connectivity index (χ2v) is 17.6. The lowest BCUT2D eigenvalue weighted by Gasteiger charge is -2.28. The van der Waals surface area contributed by atoms with Crippen molar-refractivity contribution in [3.63, 3.8) is 0 Å². The molecule has 0 spiro atoms. The van der Waals surface area contributed by atoms with Gasteiger partial charge in [0.05, 0.1) is 132 Å². The van der Waals surface area contributed by atoms with Gasteiger partial charge in [-0.1, -0.05) is 54.6 Å². The Kier molecular flexibility index (Phi) is 27.1. The molecule has 18 heteroatoms. The van der Waals surface area contributed by atoms with E-state index in [9.17, 15) is 0 Å². The molecule has 418 valence electrons. The Labute approximate surface area is 447 Å². The predicted molar refractivity (Wildman–Crippen MR) is 283 cm³/mol. The van der Waals surface area contributed by atoms with Gasteiger partial charge in [-0.2, -0.15) is 0 Å². The third-order valence-corrected chi connectivity index (χ3v) is 12.0. The number of fused-ring (bicyclic) bond motifs is 2. The van der Waals surface area contributed by atoms with Crippen molar-refractivity contribution < 1.29 is 85.3 Å². The van der Waals surface area contributed by atoms with Crippen LogP contribution >= 0.6 is 0 Å². The summed E-state index contributed by atoms with van der Waals surface area (Å²) in [6.07, 6.45) is 5.42. The van der Waals surface area contributed by atoms with Gasteiger partial charge in [0.1, 0.15) is 75.7 Å². The van der Waals surface area contributed by atoms with Crippen LogP contribution in [-0.2, 0) is 56.8 Å². The molecule has 0 amide bonds. The molecule has 18 nitrogen and oxygen atoms in total. The maximum absolute atomic E-state index is 6.60. The number of rotatable bonds is 1. The smallest absolute Gasteiger partial charge is 0.164 e. The molecule has 0 saturated heterocycles. The maximum Gasteiger partial charge on any atom is 0.164 e. The molecule has 5 aliphatic heterocycles. The van der Waals surface area contributed by atoms with Crippen molar-refractivity contribution in [3.8, 4) is 34.5 Å². The highest BCUT2D eigenvalue weighted by molar-refractivity contribution is 5.93. The van der Waals surface area contributed by atoms with Gasteiger partial charge in [-0.05, 0) is 67.8 Å². The third kappa shape index (κ3) is 21.0. The number of hydrogen-bond donors (Lipinski definition) is 0. The largest absolute Gasteiger partial charge is 0.492 e. The molecule has 76 heavy (non-hydrogen) atoms. The zero-order chi connectivity index (χ0) is 52.5. The SMILES string of the molecule is Cc1cccc2c1OCCOCCOCCOc1cccc(C)c1OCCOC(C1COCCOCCOC3C=CC(=CC3)OCCOCCOCCOCCOc3ccc(c4ccccc34)OCCO1)COCCO2.